The Morgan fingerprint density at radius 1 is 0.962 bits per heavy atom. The van der Waals surface area contributed by atoms with Crippen LogP contribution in [0.3, 0.4) is 0 Å². The zero-order valence-electron chi connectivity index (χ0n) is 14.5. The summed E-state index contributed by atoms with van der Waals surface area (Å²) in [7, 11) is 0. The van der Waals surface area contributed by atoms with E-state index in [1.54, 1.807) is 30.3 Å². The summed E-state index contributed by atoms with van der Waals surface area (Å²) in [5, 5.41) is 0. The third kappa shape index (κ3) is 4.97. The van der Waals surface area contributed by atoms with Gasteiger partial charge in [0.15, 0.2) is 0 Å². The normalized spacial score (nSPS) is 15.0. The fourth-order valence-electron chi connectivity index (χ4n) is 3.05. The Labute approximate surface area is 157 Å². The van der Waals surface area contributed by atoms with Crippen molar-refractivity contribution in [3.63, 3.8) is 0 Å². The van der Waals surface area contributed by atoms with E-state index in [9.17, 15) is 13.6 Å². The number of nitrogens with zero attached hydrogens (tertiary/aromatic N) is 2. The molecule has 2 aromatic rings. The van der Waals surface area contributed by atoms with E-state index in [-0.39, 0.29) is 17.5 Å². The van der Waals surface area contributed by atoms with E-state index in [1.165, 1.54) is 30.0 Å². The Morgan fingerprint density at radius 3 is 2.50 bits per heavy atom. The van der Waals surface area contributed by atoms with E-state index in [2.05, 4.69) is 4.90 Å². The van der Waals surface area contributed by atoms with Crippen LogP contribution in [0.1, 0.15) is 12.8 Å². The molecule has 2 aromatic carbocycles. The van der Waals surface area contributed by atoms with Crippen molar-refractivity contribution in [1.82, 2.24) is 4.90 Å². The van der Waals surface area contributed by atoms with Crippen molar-refractivity contribution in [2.75, 3.05) is 36.8 Å². The number of hydrogen-bond donors (Lipinski definition) is 0. The summed E-state index contributed by atoms with van der Waals surface area (Å²) in [6, 6.07) is 13.1. The fourth-order valence-corrected chi connectivity index (χ4v) is 3.92. The average molecular weight is 376 g/mol. The van der Waals surface area contributed by atoms with E-state index in [0.29, 0.717) is 23.6 Å². The SMILES string of the molecule is O=C(CCSc1ccccc1F)N1CCCN(c2ccc(F)cc2)CC1. The molecule has 138 valence electrons. The number of anilines is 1. The summed E-state index contributed by atoms with van der Waals surface area (Å²) in [5.41, 5.74) is 0.982. The highest BCUT2D eigenvalue weighted by Gasteiger charge is 2.19. The zero-order chi connectivity index (χ0) is 18.4. The molecule has 1 heterocycles. The molecule has 0 aliphatic carbocycles. The minimum Gasteiger partial charge on any atom is -0.370 e. The maximum absolute atomic E-state index is 13.6. The van der Waals surface area contributed by atoms with Crippen molar-refractivity contribution in [3.8, 4) is 0 Å². The summed E-state index contributed by atoms with van der Waals surface area (Å²) < 4.78 is 26.7. The topological polar surface area (TPSA) is 23.6 Å². The summed E-state index contributed by atoms with van der Waals surface area (Å²) in [5.74, 6) is 0.190. The van der Waals surface area contributed by atoms with Gasteiger partial charge in [-0.3, -0.25) is 4.79 Å². The van der Waals surface area contributed by atoms with Gasteiger partial charge in [-0.15, -0.1) is 11.8 Å². The number of benzene rings is 2. The van der Waals surface area contributed by atoms with E-state index >= 15 is 0 Å². The van der Waals surface area contributed by atoms with E-state index in [0.717, 1.165) is 31.7 Å². The molecule has 1 aliphatic heterocycles. The maximum atomic E-state index is 13.6. The zero-order valence-corrected chi connectivity index (χ0v) is 15.4. The number of thioether (sulfide) groups is 1. The molecule has 0 atom stereocenters. The molecule has 1 fully saturated rings. The van der Waals surface area contributed by atoms with Crippen LogP contribution in [0.15, 0.2) is 53.4 Å². The highest BCUT2D eigenvalue weighted by molar-refractivity contribution is 7.99. The van der Waals surface area contributed by atoms with Crippen molar-refractivity contribution in [2.24, 2.45) is 0 Å². The molecule has 0 bridgehead atoms. The first-order valence-electron chi connectivity index (χ1n) is 8.79. The van der Waals surface area contributed by atoms with Crippen LogP contribution in [0, 0.1) is 11.6 Å². The van der Waals surface area contributed by atoms with Crippen LogP contribution in [0.5, 0.6) is 0 Å². The summed E-state index contributed by atoms with van der Waals surface area (Å²) >= 11 is 1.37. The first-order valence-corrected chi connectivity index (χ1v) is 9.77. The van der Waals surface area contributed by atoms with Gasteiger partial charge in [-0.05, 0) is 42.8 Å². The summed E-state index contributed by atoms with van der Waals surface area (Å²) in [4.78, 5) is 17.1. The lowest BCUT2D eigenvalue weighted by atomic mass is 10.2. The molecule has 0 aromatic heterocycles. The molecule has 1 amide bonds. The molecule has 6 heteroatoms. The molecule has 0 radical (unpaired) electrons. The third-order valence-electron chi connectivity index (χ3n) is 4.45. The maximum Gasteiger partial charge on any atom is 0.223 e. The van der Waals surface area contributed by atoms with Gasteiger partial charge in [0, 0.05) is 48.9 Å². The minimum absolute atomic E-state index is 0.106. The molecule has 1 aliphatic rings. The summed E-state index contributed by atoms with van der Waals surface area (Å²) in [6.45, 7) is 2.96. The van der Waals surface area contributed by atoms with Gasteiger partial charge in [0.2, 0.25) is 5.91 Å². The molecule has 0 spiro atoms. The molecule has 26 heavy (non-hydrogen) atoms. The van der Waals surface area contributed by atoms with Crippen LogP contribution in [-0.4, -0.2) is 42.7 Å². The molecule has 3 nitrogen and oxygen atoms in total. The molecular formula is C20H22F2N2OS. The van der Waals surface area contributed by atoms with Crippen molar-refractivity contribution < 1.29 is 13.6 Å². The second kappa shape index (κ2) is 9.03. The number of carbonyl (C=O) groups excluding carboxylic acids is 1. The predicted octanol–water partition coefficient (Wildman–Crippen LogP) is 4.19. The number of rotatable bonds is 5. The predicted molar refractivity (Wildman–Crippen MR) is 102 cm³/mol. The van der Waals surface area contributed by atoms with Crippen molar-refractivity contribution in [3.05, 3.63) is 60.2 Å². The largest absolute Gasteiger partial charge is 0.370 e. The van der Waals surface area contributed by atoms with Gasteiger partial charge >= 0.3 is 0 Å². The van der Waals surface area contributed by atoms with Crippen molar-refractivity contribution in [2.45, 2.75) is 17.7 Å². The molecule has 1 saturated heterocycles. The molecule has 0 N–H and O–H groups in total. The van der Waals surface area contributed by atoms with Gasteiger partial charge < -0.3 is 9.80 Å². The van der Waals surface area contributed by atoms with Crippen LogP contribution in [-0.2, 0) is 4.79 Å². The smallest absolute Gasteiger partial charge is 0.223 e. The Hall–Kier alpha value is -2.08. The number of carbonyl (C=O) groups is 1. The first-order chi connectivity index (χ1) is 12.6. The van der Waals surface area contributed by atoms with Gasteiger partial charge in [0.1, 0.15) is 11.6 Å². The Kier molecular flexibility index (Phi) is 6.50. The average Bonchev–Trinajstić information content (AvgIpc) is 2.90. The van der Waals surface area contributed by atoms with E-state index in [1.807, 2.05) is 4.90 Å². The van der Waals surface area contributed by atoms with Gasteiger partial charge in [0.05, 0.1) is 0 Å². The Bertz CT molecular complexity index is 739. The fraction of sp³-hybridized carbons (Fsp3) is 0.350. The number of hydrogen-bond acceptors (Lipinski definition) is 3. The monoisotopic (exact) mass is 376 g/mol. The van der Waals surface area contributed by atoms with E-state index < -0.39 is 0 Å². The van der Waals surface area contributed by atoms with Gasteiger partial charge in [-0.2, -0.15) is 0 Å². The Morgan fingerprint density at radius 2 is 1.73 bits per heavy atom. The number of amides is 1. The highest BCUT2D eigenvalue weighted by atomic mass is 32.2. The van der Waals surface area contributed by atoms with Crippen LogP contribution in [0.4, 0.5) is 14.5 Å². The lowest BCUT2D eigenvalue weighted by Crippen LogP contribution is -2.35. The second-order valence-corrected chi connectivity index (χ2v) is 7.36. The molecule has 3 rings (SSSR count). The van der Waals surface area contributed by atoms with Crippen molar-refractivity contribution >= 4 is 23.4 Å². The highest BCUT2D eigenvalue weighted by Crippen LogP contribution is 2.22. The van der Waals surface area contributed by atoms with Crippen molar-refractivity contribution in [1.29, 1.82) is 0 Å². The number of halogens is 2. The first kappa shape index (κ1) is 18.7. The lowest BCUT2D eigenvalue weighted by Gasteiger charge is -2.23. The Balaban J connectivity index is 1.48. The van der Waals surface area contributed by atoms with Gasteiger partial charge in [-0.25, -0.2) is 8.78 Å². The van der Waals surface area contributed by atoms with Crippen LogP contribution < -0.4 is 4.90 Å². The second-order valence-electron chi connectivity index (χ2n) is 6.23. The standard InChI is InChI=1S/C20H22F2N2OS/c21-16-6-8-17(9-7-16)23-11-3-12-24(14-13-23)20(25)10-15-26-19-5-2-1-4-18(19)22/h1-2,4-9H,3,10-15H2. The molecular weight excluding hydrogens is 354 g/mol. The van der Waals surface area contributed by atoms with Crippen LogP contribution >= 0.6 is 11.8 Å². The summed E-state index contributed by atoms with van der Waals surface area (Å²) in [6.07, 6.45) is 1.28. The van der Waals surface area contributed by atoms with Gasteiger partial charge in [0.25, 0.3) is 0 Å². The third-order valence-corrected chi connectivity index (χ3v) is 5.50. The molecule has 0 saturated carbocycles. The van der Waals surface area contributed by atoms with Gasteiger partial charge in [-0.1, -0.05) is 12.1 Å². The van der Waals surface area contributed by atoms with Crippen LogP contribution in [0.25, 0.3) is 0 Å². The van der Waals surface area contributed by atoms with Crippen LogP contribution in [0.2, 0.25) is 0 Å². The van der Waals surface area contributed by atoms with E-state index in [4.69, 9.17) is 0 Å². The minimum atomic E-state index is -0.243. The quantitative estimate of drug-likeness (QED) is 0.731. The lowest BCUT2D eigenvalue weighted by molar-refractivity contribution is -0.130. The molecule has 0 unspecified atom stereocenters.